The van der Waals surface area contributed by atoms with Gasteiger partial charge in [-0.25, -0.2) is 9.18 Å². The topological polar surface area (TPSA) is 89.1 Å². The highest BCUT2D eigenvalue weighted by Gasteiger charge is 2.31. The Labute approximate surface area is 234 Å². The van der Waals surface area contributed by atoms with Crippen molar-refractivity contribution in [3.05, 3.63) is 74.4 Å². The molecule has 0 aliphatic heterocycles. The first kappa shape index (κ1) is 27.6. The average molecular weight is 572 g/mol. The van der Waals surface area contributed by atoms with Gasteiger partial charge in [0.15, 0.2) is 0 Å². The van der Waals surface area contributed by atoms with Gasteiger partial charge in [0, 0.05) is 44.5 Å². The molecule has 3 heterocycles. The molecule has 5 rings (SSSR count). The lowest BCUT2D eigenvalue weighted by molar-refractivity contribution is 0.255. The van der Waals surface area contributed by atoms with E-state index in [-0.39, 0.29) is 30.0 Å². The second-order valence-corrected chi connectivity index (χ2v) is 12.6. The maximum atomic E-state index is 15.1. The number of aromatic nitrogens is 4. The molecular formula is C27H34FN7O2S2. The predicted octanol–water partition coefficient (Wildman–Crippen LogP) is 3.39. The highest BCUT2D eigenvalue weighted by atomic mass is 32.2. The molecule has 4 aromatic rings. The zero-order chi connectivity index (χ0) is 27.7. The first-order valence-corrected chi connectivity index (χ1v) is 14.6. The molecule has 0 amide bonds. The van der Waals surface area contributed by atoms with Gasteiger partial charge >= 0.3 is 5.69 Å². The van der Waals surface area contributed by atoms with Crippen molar-refractivity contribution in [3.8, 4) is 0 Å². The summed E-state index contributed by atoms with van der Waals surface area (Å²) in [7, 11) is 5.50. The number of likely N-dealkylation sites (N-methyl/N-ethyl adjacent to an activating group) is 2. The van der Waals surface area contributed by atoms with E-state index in [9.17, 15) is 9.59 Å². The van der Waals surface area contributed by atoms with E-state index in [4.69, 9.17) is 0 Å². The minimum Gasteiger partial charge on any atom is -0.371 e. The summed E-state index contributed by atoms with van der Waals surface area (Å²) in [5.41, 5.74) is 1.23. The largest absolute Gasteiger partial charge is 0.371 e. The Morgan fingerprint density at radius 3 is 2.59 bits per heavy atom. The number of nitrogens with one attached hydrogen (secondary N) is 2. The Kier molecular flexibility index (Phi) is 7.99. The Morgan fingerprint density at radius 2 is 1.95 bits per heavy atom. The third kappa shape index (κ3) is 5.84. The fourth-order valence-electron chi connectivity index (χ4n) is 4.77. The highest BCUT2D eigenvalue weighted by Crippen LogP contribution is 2.37. The molecular weight excluding hydrogens is 537 g/mol. The Morgan fingerprint density at radius 1 is 1.18 bits per heavy atom. The number of hydrogen-bond donors (Lipinski definition) is 2. The Balaban J connectivity index is 1.53. The summed E-state index contributed by atoms with van der Waals surface area (Å²) in [6.45, 7) is 3.85. The van der Waals surface area contributed by atoms with Crippen LogP contribution in [0.2, 0.25) is 0 Å². The zero-order valence-electron chi connectivity index (χ0n) is 22.7. The molecule has 39 heavy (non-hydrogen) atoms. The number of nitrogens with zero attached hydrogens (tertiary/aromatic N) is 5. The van der Waals surface area contributed by atoms with Crippen LogP contribution in [0.25, 0.3) is 10.2 Å². The van der Waals surface area contributed by atoms with Gasteiger partial charge in [-0.15, -0.1) is 11.3 Å². The molecule has 12 heteroatoms. The molecule has 0 spiro atoms. The average Bonchev–Trinajstić information content (AvgIpc) is 3.51. The van der Waals surface area contributed by atoms with Crippen LogP contribution in [-0.2, 0) is 20.1 Å². The van der Waals surface area contributed by atoms with Gasteiger partial charge in [0.05, 0.1) is 34.6 Å². The zero-order valence-corrected chi connectivity index (χ0v) is 24.3. The summed E-state index contributed by atoms with van der Waals surface area (Å²) in [5, 5.41) is 7.72. The van der Waals surface area contributed by atoms with Crippen LogP contribution in [0.1, 0.15) is 37.3 Å². The van der Waals surface area contributed by atoms with Gasteiger partial charge in [-0.1, -0.05) is 6.07 Å². The van der Waals surface area contributed by atoms with Crippen molar-refractivity contribution >= 4 is 39.2 Å². The minimum atomic E-state index is -0.427. The first-order chi connectivity index (χ1) is 18.7. The van der Waals surface area contributed by atoms with Gasteiger partial charge in [0.2, 0.25) is 0 Å². The number of hydrogen-bond acceptors (Lipinski definition) is 8. The van der Waals surface area contributed by atoms with Crippen molar-refractivity contribution in [1.29, 1.82) is 0 Å². The maximum Gasteiger partial charge on any atom is 0.332 e. The molecule has 1 aromatic carbocycles. The van der Waals surface area contributed by atoms with Crippen molar-refractivity contribution in [2.75, 3.05) is 32.1 Å². The lowest BCUT2D eigenvalue weighted by Gasteiger charge is -2.38. The molecule has 0 atom stereocenters. The summed E-state index contributed by atoms with van der Waals surface area (Å²) < 4.78 is 24.0. The van der Waals surface area contributed by atoms with Gasteiger partial charge in [0.1, 0.15) is 10.6 Å². The number of anilines is 1. The van der Waals surface area contributed by atoms with Crippen LogP contribution in [0.5, 0.6) is 0 Å². The quantitative estimate of drug-likeness (QED) is 0.267. The molecule has 1 aliphatic rings. The number of fused-ring (bicyclic) bond motifs is 1. The molecule has 9 nitrogen and oxygen atoms in total. The standard InChI is InChI=1S/C27H34FN7O2S2/c1-27(8-5-9-27)31-39-23-13-20-24(36)34(17-19-14-30-33(4)15-19)26(37)35(25(20)38-23)16-18-6-7-22(21(28)12-18)32(3)11-10-29-2/h6-7,12-15,29,31H,5,8-11,16-17H2,1-4H3. The number of rotatable bonds is 11. The van der Waals surface area contributed by atoms with Crippen LogP contribution in [-0.4, -0.2) is 51.6 Å². The smallest absolute Gasteiger partial charge is 0.332 e. The van der Waals surface area contributed by atoms with Crippen LogP contribution < -0.4 is 26.2 Å². The van der Waals surface area contributed by atoms with Gasteiger partial charge < -0.3 is 10.2 Å². The van der Waals surface area contributed by atoms with Gasteiger partial charge in [-0.2, -0.15) is 5.10 Å². The SMILES string of the molecule is CNCCN(C)c1ccc(Cn2c(=O)n(Cc3cnn(C)c3)c(=O)c3cc(SNC4(C)CCC4)sc32)cc1F. The van der Waals surface area contributed by atoms with Crippen LogP contribution in [0.4, 0.5) is 10.1 Å². The van der Waals surface area contributed by atoms with E-state index in [1.54, 1.807) is 34.8 Å². The lowest BCUT2D eigenvalue weighted by Crippen LogP contribution is -2.44. The summed E-state index contributed by atoms with van der Waals surface area (Å²) in [5.74, 6) is -0.348. The predicted molar refractivity (Wildman–Crippen MR) is 157 cm³/mol. The molecule has 1 aliphatic carbocycles. The van der Waals surface area contributed by atoms with E-state index in [0.29, 0.717) is 28.0 Å². The van der Waals surface area contributed by atoms with Crippen molar-refractivity contribution in [2.24, 2.45) is 7.05 Å². The second kappa shape index (κ2) is 11.3. The van der Waals surface area contributed by atoms with E-state index in [1.165, 1.54) is 40.3 Å². The molecule has 3 aromatic heterocycles. The summed E-state index contributed by atoms with van der Waals surface area (Å²) in [6.07, 6.45) is 6.86. The molecule has 1 fully saturated rings. The molecule has 2 N–H and O–H groups in total. The monoisotopic (exact) mass is 571 g/mol. The van der Waals surface area contributed by atoms with Gasteiger partial charge in [0.25, 0.3) is 5.56 Å². The third-order valence-corrected chi connectivity index (χ3v) is 9.65. The van der Waals surface area contributed by atoms with Crippen LogP contribution in [0.3, 0.4) is 0 Å². The number of halogens is 1. The number of aryl methyl sites for hydroxylation is 1. The highest BCUT2D eigenvalue weighted by molar-refractivity contribution is 7.99. The van der Waals surface area contributed by atoms with E-state index in [1.807, 2.05) is 31.1 Å². The van der Waals surface area contributed by atoms with E-state index in [0.717, 1.165) is 29.2 Å². The van der Waals surface area contributed by atoms with Crippen LogP contribution >= 0.6 is 23.3 Å². The van der Waals surface area contributed by atoms with Crippen LogP contribution in [0, 0.1) is 5.82 Å². The summed E-state index contributed by atoms with van der Waals surface area (Å²) in [6, 6.07) is 6.92. The van der Waals surface area contributed by atoms with Crippen molar-refractivity contribution in [2.45, 2.75) is 49.0 Å². The van der Waals surface area contributed by atoms with Crippen molar-refractivity contribution in [1.82, 2.24) is 29.0 Å². The van der Waals surface area contributed by atoms with Gasteiger partial charge in [-0.3, -0.25) is 23.3 Å². The second-order valence-electron chi connectivity index (χ2n) is 10.5. The molecule has 0 saturated heterocycles. The number of thiophene rings is 1. The fraction of sp³-hybridized carbons (Fsp3) is 0.444. The summed E-state index contributed by atoms with van der Waals surface area (Å²) in [4.78, 5) is 29.7. The first-order valence-electron chi connectivity index (χ1n) is 13.0. The number of benzene rings is 1. The molecule has 0 bridgehead atoms. The Bertz CT molecular complexity index is 1600. The minimum absolute atomic E-state index is 0.0840. The third-order valence-electron chi connectivity index (χ3n) is 7.29. The maximum absolute atomic E-state index is 15.1. The van der Waals surface area contributed by atoms with E-state index < -0.39 is 5.69 Å². The van der Waals surface area contributed by atoms with E-state index in [2.05, 4.69) is 22.1 Å². The molecule has 0 unspecified atom stereocenters. The lowest BCUT2D eigenvalue weighted by atomic mass is 9.80. The molecule has 1 saturated carbocycles. The van der Waals surface area contributed by atoms with Crippen molar-refractivity contribution in [3.63, 3.8) is 0 Å². The van der Waals surface area contributed by atoms with Gasteiger partial charge in [-0.05, 0) is 68.9 Å². The molecule has 0 radical (unpaired) electrons. The molecule has 208 valence electrons. The van der Waals surface area contributed by atoms with Crippen LogP contribution in [0.15, 0.2) is 50.5 Å². The summed E-state index contributed by atoms with van der Waals surface area (Å²) >= 11 is 2.92. The normalized spacial score (nSPS) is 14.6. The van der Waals surface area contributed by atoms with Crippen molar-refractivity contribution < 1.29 is 4.39 Å². The van der Waals surface area contributed by atoms with E-state index >= 15 is 4.39 Å². The Hall–Kier alpha value is -2.93. The fourth-order valence-corrected chi connectivity index (χ4v) is 6.90.